The van der Waals surface area contributed by atoms with Crippen molar-refractivity contribution in [2.24, 2.45) is 0 Å². The first-order chi connectivity index (χ1) is 11.0. The average molecular weight is 328 g/mol. The third-order valence-corrected chi connectivity index (χ3v) is 4.08. The predicted octanol–water partition coefficient (Wildman–Crippen LogP) is 3.81. The van der Waals surface area contributed by atoms with Gasteiger partial charge in [-0.2, -0.15) is 0 Å². The van der Waals surface area contributed by atoms with Crippen molar-refractivity contribution >= 4 is 17.4 Å². The minimum absolute atomic E-state index is 0.0438. The van der Waals surface area contributed by atoms with Crippen LogP contribution in [0.1, 0.15) is 11.1 Å². The van der Waals surface area contributed by atoms with Crippen molar-refractivity contribution in [2.75, 3.05) is 0 Å². The lowest BCUT2D eigenvalue weighted by Gasteiger charge is -2.00. The summed E-state index contributed by atoms with van der Waals surface area (Å²) in [7, 11) is 0. The molecule has 3 aromatic rings. The van der Waals surface area contributed by atoms with Crippen molar-refractivity contribution in [2.45, 2.75) is 24.1 Å². The third-order valence-electron chi connectivity index (χ3n) is 3.12. The van der Waals surface area contributed by atoms with Crippen LogP contribution < -0.4 is 0 Å². The highest BCUT2D eigenvalue weighted by molar-refractivity contribution is 7.99. The molecule has 1 aromatic carbocycles. The number of hydrogen-bond donors (Lipinski definition) is 0. The fourth-order valence-electron chi connectivity index (χ4n) is 1.90. The van der Waals surface area contributed by atoms with Crippen LogP contribution in [0.4, 0.5) is 5.69 Å². The maximum absolute atomic E-state index is 10.7. The Morgan fingerprint density at radius 1 is 1.17 bits per heavy atom. The maximum Gasteiger partial charge on any atom is 0.287 e. The molecule has 0 saturated heterocycles. The molecule has 3 rings (SSSR count). The van der Waals surface area contributed by atoms with Gasteiger partial charge >= 0.3 is 0 Å². The first-order valence-corrected chi connectivity index (χ1v) is 7.54. The van der Waals surface area contributed by atoms with E-state index in [0.29, 0.717) is 21.7 Å². The minimum Gasteiger partial charge on any atom is -0.411 e. The summed E-state index contributed by atoms with van der Waals surface area (Å²) in [5, 5.41) is 19.7. The van der Waals surface area contributed by atoms with Crippen LogP contribution in [0.3, 0.4) is 0 Å². The Morgan fingerprint density at radius 3 is 2.57 bits per heavy atom. The summed E-state index contributed by atoms with van der Waals surface area (Å²) in [6.45, 7) is 3.75. The largest absolute Gasteiger partial charge is 0.411 e. The van der Waals surface area contributed by atoms with Gasteiger partial charge in [0.1, 0.15) is 11.2 Å². The van der Waals surface area contributed by atoms with Crippen molar-refractivity contribution in [1.29, 1.82) is 0 Å². The van der Waals surface area contributed by atoms with Gasteiger partial charge in [-0.1, -0.05) is 17.7 Å². The van der Waals surface area contributed by atoms with E-state index >= 15 is 0 Å². The summed E-state index contributed by atoms with van der Waals surface area (Å²) in [5.74, 6) is 0.423. The number of hydrogen-bond acceptors (Lipinski definition) is 7. The Morgan fingerprint density at radius 2 is 1.91 bits per heavy atom. The predicted molar refractivity (Wildman–Crippen MR) is 84.2 cm³/mol. The molecule has 0 bridgehead atoms. The number of benzene rings is 1. The summed E-state index contributed by atoms with van der Waals surface area (Å²) in [6, 6.07) is 9.22. The Bertz CT molecular complexity index is 861. The molecule has 0 unspecified atom stereocenters. The van der Waals surface area contributed by atoms with Gasteiger partial charge < -0.3 is 4.42 Å². The first kappa shape index (κ1) is 15.2. The van der Waals surface area contributed by atoms with Crippen LogP contribution >= 0.6 is 11.8 Å². The molecule has 0 amide bonds. The maximum atomic E-state index is 10.7. The van der Waals surface area contributed by atoms with Gasteiger partial charge in [0.2, 0.25) is 5.89 Å². The summed E-state index contributed by atoms with van der Waals surface area (Å²) in [4.78, 5) is 14.3. The summed E-state index contributed by atoms with van der Waals surface area (Å²) in [5.41, 5.74) is 2.62. The van der Waals surface area contributed by atoms with E-state index in [1.54, 1.807) is 6.92 Å². The second-order valence-corrected chi connectivity index (χ2v) is 5.85. The SMILES string of the molecule is Cc1ccc(-c2nnc(Sc3ncc([N+](=O)[O-])cc3C)o2)cc1. The molecule has 0 atom stereocenters. The van der Waals surface area contributed by atoms with Crippen LogP contribution in [0.5, 0.6) is 0 Å². The van der Waals surface area contributed by atoms with E-state index in [1.165, 1.54) is 24.0 Å². The molecule has 7 nitrogen and oxygen atoms in total. The molecule has 8 heteroatoms. The molecule has 0 saturated carbocycles. The molecular formula is C15H12N4O3S. The van der Waals surface area contributed by atoms with Gasteiger partial charge in [0.15, 0.2) is 0 Å². The molecule has 2 heterocycles. The standard InChI is InChI=1S/C15H12N4O3S/c1-9-3-5-11(6-4-9)13-17-18-15(22-13)23-14-10(2)7-12(8-16-14)19(20)21/h3-8H,1-2H3. The van der Waals surface area contributed by atoms with Gasteiger partial charge in [-0.15, -0.1) is 10.2 Å². The van der Waals surface area contributed by atoms with Gasteiger partial charge in [0.05, 0.1) is 4.92 Å². The Hall–Kier alpha value is -2.74. The van der Waals surface area contributed by atoms with Crippen molar-refractivity contribution < 1.29 is 9.34 Å². The fraction of sp³-hybridized carbons (Fsp3) is 0.133. The summed E-state index contributed by atoms with van der Waals surface area (Å²) < 4.78 is 5.61. The molecule has 0 N–H and O–H groups in total. The quantitative estimate of drug-likeness (QED) is 0.531. The Kier molecular flexibility index (Phi) is 4.07. The molecule has 0 aliphatic carbocycles. The number of pyridine rings is 1. The monoisotopic (exact) mass is 328 g/mol. The summed E-state index contributed by atoms with van der Waals surface area (Å²) >= 11 is 1.18. The second-order valence-electron chi connectivity index (χ2n) is 4.91. The zero-order valence-electron chi connectivity index (χ0n) is 12.4. The molecule has 0 aliphatic rings. The zero-order valence-corrected chi connectivity index (χ0v) is 13.2. The van der Waals surface area contributed by atoms with Crippen molar-refractivity contribution in [3.63, 3.8) is 0 Å². The van der Waals surface area contributed by atoms with Crippen LogP contribution in [-0.2, 0) is 0 Å². The number of aromatic nitrogens is 3. The number of aryl methyl sites for hydroxylation is 2. The van der Waals surface area contributed by atoms with E-state index < -0.39 is 4.92 Å². The van der Waals surface area contributed by atoms with Crippen LogP contribution in [0, 0.1) is 24.0 Å². The lowest BCUT2D eigenvalue weighted by molar-refractivity contribution is -0.385. The highest BCUT2D eigenvalue weighted by Gasteiger charge is 2.14. The van der Waals surface area contributed by atoms with E-state index in [9.17, 15) is 10.1 Å². The van der Waals surface area contributed by atoms with Crippen LogP contribution in [0.15, 0.2) is 51.2 Å². The minimum atomic E-state index is -0.476. The molecule has 0 fully saturated rings. The molecule has 23 heavy (non-hydrogen) atoms. The van der Waals surface area contributed by atoms with E-state index in [0.717, 1.165) is 11.1 Å². The lowest BCUT2D eigenvalue weighted by atomic mass is 10.1. The van der Waals surface area contributed by atoms with E-state index in [2.05, 4.69) is 15.2 Å². The lowest BCUT2D eigenvalue weighted by Crippen LogP contribution is -1.92. The van der Waals surface area contributed by atoms with Gasteiger partial charge in [-0.25, -0.2) is 4.98 Å². The van der Waals surface area contributed by atoms with Gasteiger partial charge in [-0.3, -0.25) is 10.1 Å². The highest BCUT2D eigenvalue weighted by atomic mass is 32.2. The van der Waals surface area contributed by atoms with Gasteiger partial charge in [0, 0.05) is 11.6 Å². The highest BCUT2D eigenvalue weighted by Crippen LogP contribution is 2.31. The smallest absolute Gasteiger partial charge is 0.287 e. The van der Waals surface area contributed by atoms with Gasteiger partial charge in [0.25, 0.3) is 10.9 Å². The molecule has 2 aromatic heterocycles. The topological polar surface area (TPSA) is 95.0 Å². The number of nitrogens with zero attached hydrogens (tertiary/aromatic N) is 4. The van der Waals surface area contributed by atoms with Crippen LogP contribution in [0.25, 0.3) is 11.5 Å². The van der Waals surface area contributed by atoms with E-state index in [-0.39, 0.29) is 5.69 Å². The first-order valence-electron chi connectivity index (χ1n) is 6.72. The van der Waals surface area contributed by atoms with E-state index in [1.807, 2.05) is 31.2 Å². The number of nitro groups is 1. The molecular weight excluding hydrogens is 316 g/mol. The Labute approximate surface area is 135 Å². The normalized spacial score (nSPS) is 10.7. The van der Waals surface area contributed by atoms with Gasteiger partial charge in [-0.05, 0) is 43.3 Å². The molecule has 116 valence electrons. The summed E-state index contributed by atoms with van der Waals surface area (Å²) in [6.07, 6.45) is 1.21. The molecule has 0 radical (unpaired) electrons. The zero-order chi connectivity index (χ0) is 16.4. The van der Waals surface area contributed by atoms with Crippen LogP contribution in [0.2, 0.25) is 0 Å². The fourth-order valence-corrected chi connectivity index (χ4v) is 2.59. The second kappa shape index (κ2) is 6.17. The van der Waals surface area contributed by atoms with E-state index in [4.69, 9.17) is 4.42 Å². The van der Waals surface area contributed by atoms with Crippen molar-refractivity contribution in [1.82, 2.24) is 15.2 Å². The average Bonchev–Trinajstić information content (AvgIpc) is 2.98. The number of rotatable bonds is 4. The van der Waals surface area contributed by atoms with Crippen molar-refractivity contribution in [3.8, 4) is 11.5 Å². The van der Waals surface area contributed by atoms with Crippen molar-refractivity contribution in [3.05, 3.63) is 57.8 Å². The molecule has 0 aliphatic heterocycles. The third kappa shape index (κ3) is 3.37. The molecule has 0 spiro atoms. The Balaban J connectivity index is 1.82. The van der Waals surface area contributed by atoms with Crippen LogP contribution in [-0.4, -0.2) is 20.1 Å².